The Labute approximate surface area is 123 Å². The van der Waals surface area contributed by atoms with Gasteiger partial charge in [0, 0.05) is 19.8 Å². The lowest BCUT2D eigenvalue weighted by Crippen LogP contribution is -2.13. The van der Waals surface area contributed by atoms with Crippen molar-refractivity contribution in [2.75, 3.05) is 36.6 Å². The van der Waals surface area contributed by atoms with Crippen LogP contribution in [0.5, 0.6) is 0 Å². The Morgan fingerprint density at radius 3 is 3.00 bits per heavy atom. The number of ether oxygens (including phenoxy) is 1. The minimum Gasteiger partial charge on any atom is -0.382 e. The first-order chi connectivity index (χ1) is 9.54. The zero-order chi connectivity index (χ0) is 14.6. The number of nitrogen functional groups attached to an aromatic ring is 1. The molecule has 1 aliphatic rings. The second kappa shape index (κ2) is 6.73. The Kier molecular flexibility index (Phi) is 5.22. The molecule has 1 fully saturated rings. The molecule has 1 saturated heterocycles. The molecule has 0 amide bonds. The summed E-state index contributed by atoms with van der Waals surface area (Å²) in [4.78, 5) is 0.173. The molecule has 1 aromatic rings. The summed E-state index contributed by atoms with van der Waals surface area (Å²) < 4.78 is 33.7. The van der Waals surface area contributed by atoms with Crippen LogP contribution < -0.4 is 11.1 Å². The third-order valence-electron chi connectivity index (χ3n) is 3.32. The van der Waals surface area contributed by atoms with Gasteiger partial charge in [-0.25, -0.2) is 8.42 Å². The SMILES string of the molecule is CCCS(=O)(=O)c1c(N)nsc1NCCC1CCOC1. The molecule has 1 aliphatic heterocycles. The molecule has 8 heteroatoms. The van der Waals surface area contributed by atoms with Crippen LogP contribution in [0.3, 0.4) is 0 Å². The first-order valence-electron chi connectivity index (χ1n) is 6.84. The third-order valence-corrected chi connectivity index (χ3v) is 6.25. The molecule has 0 bridgehead atoms. The molecule has 114 valence electrons. The van der Waals surface area contributed by atoms with Crippen LogP contribution in [0.25, 0.3) is 0 Å². The highest BCUT2D eigenvalue weighted by atomic mass is 32.2. The zero-order valence-electron chi connectivity index (χ0n) is 11.6. The topological polar surface area (TPSA) is 94.3 Å². The number of sulfone groups is 1. The smallest absolute Gasteiger partial charge is 0.185 e. The number of hydrogen-bond acceptors (Lipinski definition) is 7. The van der Waals surface area contributed by atoms with Crippen LogP contribution >= 0.6 is 11.5 Å². The Morgan fingerprint density at radius 1 is 1.55 bits per heavy atom. The average Bonchev–Trinajstić information content (AvgIpc) is 2.99. The van der Waals surface area contributed by atoms with E-state index >= 15 is 0 Å². The molecule has 2 heterocycles. The maximum Gasteiger partial charge on any atom is 0.185 e. The first-order valence-corrected chi connectivity index (χ1v) is 9.26. The highest BCUT2D eigenvalue weighted by Crippen LogP contribution is 2.32. The minimum absolute atomic E-state index is 0.0980. The van der Waals surface area contributed by atoms with Gasteiger partial charge in [0.05, 0.1) is 5.75 Å². The van der Waals surface area contributed by atoms with Gasteiger partial charge in [0.2, 0.25) is 0 Å². The number of hydrogen-bond donors (Lipinski definition) is 2. The maximum absolute atomic E-state index is 12.2. The highest BCUT2D eigenvalue weighted by molar-refractivity contribution is 7.91. The van der Waals surface area contributed by atoms with Crippen molar-refractivity contribution in [3.05, 3.63) is 0 Å². The van der Waals surface area contributed by atoms with Crippen LogP contribution in [0.15, 0.2) is 4.90 Å². The zero-order valence-corrected chi connectivity index (χ0v) is 13.2. The van der Waals surface area contributed by atoms with Crippen LogP contribution in [0.2, 0.25) is 0 Å². The number of anilines is 2. The van der Waals surface area contributed by atoms with E-state index < -0.39 is 9.84 Å². The van der Waals surface area contributed by atoms with E-state index in [-0.39, 0.29) is 16.5 Å². The van der Waals surface area contributed by atoms with Crippen molar-refractivity contribution in [2.24, 2.45) is 5.92 Å². The number of nitrogens with one attached hydrogen (secondary N) is 1. The normalized spacial score (nSPS) is 19.4. The molecule has 6 nitrogen and oxygen atoms in total. The van der Waals surface area contributed by atoms with E-state index in [4.69, 9.17) is 10.5 Å². The average molecular weight is 319 g/mol. The Bertz CT molecular complexity index is 536. The first kappa shape index (κ1) is 15.5. The largest absolute Gasteiger partial charge is 0.382 e. The summed E-state index contributed by atoms with van der Waals surface area (Å²) >= 11 is 1.11. The monoisotopic (exact) mass is 319 g/mol. The van der Waals surface area contributed by atoms with E-state index in [0.717, 1.165) is 37.6 Å². The van der Waals surface area contributed by atoms with Gasteiger partial charge in [0.25, 0.3) is 0 Å². The van der Waals surface area contributed by atoms with Crippen LogP contribution in [0.1, 0.15) is 26.2 Å². The van der Waals surface area contributed by atoms with Crippen molar-refractivity contribution in [3.8, 4) is 0 Å². The number of aromatic nitrogens is 1. The minimum atomic E-state index is -3.34. The molecule has 0 saturated carbocycles. The van der Waals surface area contributed by atoms with E-state index in [1.807, 2.05) is 6.92 Å². The summed E-state index contributed by atoms with van der Waals surface area (Å²) in [7, 11) is -3.34. The second-order valence-electron chi connectivity index (χ2n) is 4.99. The van der Waals surface area contributed by atoms with Gasteiger partial charge in [0.15, 0.2) is 15.7 Å². The lowest BCUT2D eigenvalue weighted by Gasteiger charge is -2.10. The maximum atomic E-state index is 12.2. The molecule has 0 aromatic carbocycles. The molecular formula is C12H21N3O3S2. The van der Waals surface area contributed by atoms with Crippen molar-refractivity contribution in [1.29, 1.82) is 0 Å². The number of nitrogens with zero attached hydrogens (tertiary/aromatic N) is 1. The molecule has 0 radical (unpaired) electrons. The lowest BCUT2D eigenvalue weighted by molar-refractivity contribution is 0.185. The second-order valence-corrected chi connectivity index (χ2v) is 7.81. The van der Waals surface area contributed by atoms with Crippen molar-refractivity contribution < 1.29 is 13.2 Å². The fourth-order valence-electron chi connectivity index (χ4n) is 2.28. The number of nitrogens with two attached hydrogens (primary N) is 1. The Morgan fingerprint density at radius 2 is 2.35 bits per heavy atom. The summed E-state index contributed by atoms with van der Waals surface area (Å²) in [5.74, 6) is 0.763. The third kappa shape index (κ3) is 3.62. The van der Waals surface area contributed by atoms with E-state index in [2.05, 4.69) is 9.69 Å². The fraction of sp³-hybridized carbons (Fsp3) is 0.750. The highest BCUT2D eigenvalue weighted by Gasteiger charge is 2.25. The summed E-state index contributed by atoms with van der Waals surface area (Å²) in [6.07, 6.45) is 2.61. The predicted molar refractivity (Wildman–Crippen MR) is 80.9 cm³/mol. The number of rotatable bonds is 7. The van der Waals surface area contributed by atoms with Gasteiger partial charge in [-0.3, -0.25) is 0 Å². The van der Waals surface area contributed by atoms with Crippen molar-refractivity contribution >= 4 is 32.2 Å². The van der Waals surface area contributed by atoms with Crippen molar-refractivity contribution in [3.63, 3.8) is 0 Å². The molecule has 1 unspecified atom stereocenters. The molecule has 0 aliphatic carbocycles. The van der Waals surface area contributed by atoms with Crippen LogP contribution in [0.4, 0.5) is 10.8 Å². The van der Waals surface area contributed by atoms with Gasteiger partial charge >= 0.3 is 0 Å². The van der Waals surface area contributed by atoms with E-state index in [1.54, 1.807) is 0 Å². The fourth-order valence-corrected chi connectivity index (χ4v) is 4.92. The summed E-state index contributed by atoms with van der Waals surface area (Å²) in [6.45, 7) is 4.17. The van der Waals surface area contributed by atoms with Gasteiger partial charge in [-0.1, -0.05) is 6.92 Å². The predicted octanol–water partition coefficient (Wildman–Crippen LogP) is 1.75. The van der Waals surface area contributed by atoms with Gasteiger partial charge < -0.3 is 15.8 Å². The molecule has 0 spiro atoms. The molecule has 1 aromatic heterocycles. The molecule has 1 atom stereocenters. The molecular weight excluding hydrogens is 298 g/mol. The summed E-state index contributed by atoms with van der Waals surface area (Å²) in [5.41, 5.74) is 5.71. The molecule has 3 N–H and O–H groups in total. The van der Waals surface area contributed by atoms with Crippen molar-refractivity contribution in [2.45, 2.75) is 31.1 Å². The van der Waals surface area contributed by atoms with Gasteiger partial charge in [0.1, 0.15) is 9.90 Å². The Hall–Kier alpha value is -0.860. The van der Waals surface area contributed by atoms with Gasteiger partial charge in [-0.2, -0.15) is 4.37 Å². The van der Waals surface area contributed by atoms with E-state index in [1.165, 1.54) is 0 Å². The molecule has 20 heavy (non-hydrogen) atoms. The van der Waals surface area contributed by atoms with E-state index in [9.17, 15) is 8.42 Å². The van der Waals surface area contributed by atoms with E-state index in [0.29, 0.717) is 23.9 Å². The van der Waals surface area contributed by atoms with Crippen LogP contribution in [-0.2, 0) is 14.6 Å². The standard InChI is InChI=1S/C12H21N3O3S2/c1-2-7-20(16,17)10-11(13)15-19-12(10)14-5-3-9-4-6-18-8-9/h9,14H,2-8H2,1H3,(H2,13,15). The summed E-state index contributed by atoms with van der Waals surface area (Å²) in [5, 5.41) is 3.73. The van der Waals surface area contributed by atoms with Crippen molar-refractivity contribution in [1.82, 2.24) is 4.37 Å². The van der Waals surface area contributed by atoms with Gasteiger partial charge in [-0.15, -0.1) is 0 Å². The Balaban J connectivity index is 2.01. The van der Waals surface area contributed by atoms with Crippen LogP contribution in [0, 0.1) is 5.92 Å². The lowest BCUT2D eigenvalue weighted by atomic mass is 10.1. The summed E-state index contributed by atoms with van der Waals surface area (Å²) in [6, 6.07) is 0. The van der Waals surface area contributed by atoms with Crippen LogP contribution in [-0.4, -0.2) is 38.3 Å². The molecule has 2 rings (SSSR count). The van der Waals surface area contributed by atoms with Gasteiger partial charge in [-0.05, 0) is 36.7 Å². The quantitative estimate of drug-likeness (QED) is 0.795.